The van der Waals surface area contributed by atoms with Crippen molar-refractivity contribution in [3.63, 3.8) is 0 Å². The Morgan fingerprint density at radius 1 is 1.00 bits per heavy atom. The number of carbonyl (C=O) groups excluding carboxylic acids is 2. The normalized spacial score (nSPS) is 16.8. The van der Waals surface area contributed by atoms with Crippen molar-refractivity contribution in [2.75, 3.05) is 19.6 Å². The van der Waals surface area contributed by atoms with E-state index in [0.717, 1.165) is 27.6 Å². The number of halogens is 3. The number of alkyl halides is 3. The van der Waals surface area contributed by atoms with Crippen molar-refractivity contribution in [3.05, 3.63) is 65.2 Å². The molecule has 1 saturated heterocycles. The third-order valence-electron chi connectivity index (χ3n) is 6.44. The molecule has 212 valence electrons. The van der Waals surface area contributed by atoms with Gasteiger partial charge in [-0.3, -0.25) is 14.4 Å². The lowest BCUT2D eigenvalue weighted by molar-refractivity contribution is -0.142. The molecule has 9 nitrogen and oxygen atoms in total. The highest BCUT2D eigenvalue weighted by molar-refractivity contribution is 7.89. The summed E-state index contributed by atoms with van der Waals surface area (Å²) in [5.41, 5.74) is 0.838. The Bertz CT molecular complexity index is 1300. The Hall–Kier alpha value is -3.45. The van der Waals surface area contributed by atoms with Gasteiger partial charge in [-0.15, -0.1) is 0 Å². The number of sulfonamides is 1. The van der Waals surface area contributed by atoms with Gasteiger partial charge in [0.15, 0.2) is 0 Å². The van der Waals surface area contributed by atoms with E-state index in [-0.39, 0.29) is 32.6 Å². The van der Waals surface area contributed by atoms with E-state index >= 15 is 0 Å². The molecule has 0 radical (unpaired) electrons. The monoisotopic (exact) mass is 569 g/mol. The van der Waals surface area contributed by atoms with Crippen LogP contribution in [0.3, 0.4) is 0 Å². The van der Waals surface area contributed by atoms with Crippen LogP contribution in [0.5, 0.6) is 0 Å². The maximum Gasteiger partial charge on any atom is 0.416 e. The van der Waals surface area contributed by atoms with Crippen molar-refractivity contribution >= 4 is 27.8 Å². The minimum absolute atomic E-state index is 0.0782. The second-order valence-electron chi connectivity index (χ2n) is 9.50. The number of aliphatic carboxylic acids is 1. The van der Waals surface area contributed by atoms with Crippen LogP contribution in [-0.4, -0.2) is 66.2 Å². The Morgan fingerprint density at radius 2 is 1.62 bits per heavy atom. The van der Waals surface area contributed by atoms with Crippen molar-refractivity contribution in [3.8, 4) is 0 Å². The van der Waals surface area contributed by atoms with Crippen molar-refractivity contribution < 1.29 is 41.1 Å². The fourth-order valence-electron chi connectivity index (χ4n) is 4.14. The first-order valence-electron chi connectivity index (χ1n) is 12.3. The zero-order valence-corrected chi connectivity index (χ0v) is 22.3. The van der Waals surface area contributed by atoms with Crippen molar-refractivity contribution in [2.24, 2.45) is 0 Å². The summed E-state index contributed by atoms with van der Waals surface area (Å²) < 4.78 is 66.6. The Morgan fingerprint density at radius 3 is 2.15 bits per heavy atom. The third-order valence-corrected chi connectivity index (χ3v) is 8.36. The predicted octanol–water partition coefficient (Wildman–Crippen LogP) is 3.21. The topological polar surface area (TPSA) is 124 Å². The van der Waals surface area contributed by atoms with Gasteiger partial charge in [-0.1, -0.05) is 38.1 Å². The van der Waals surface area contributed by atoms with Crippen LogP contribution in [0.4, 0.5) is 13.2 Å². The summed E-state index contributed by atoms with van der Waals surface area (Å²) in [4.78, 5) is 37.5. The molecule has 2 amide bonds. The van der Waals surface area contributed by atoms with Crippen LogP contribution in [0, 0.1) is 0 Å². The summed E-state index contributed by atoms with van der Waals surface area (Å²) >= 11 is 0. The Balaban J connectivity index is 1.84. The summed E-state index contributed by atoms with van der Waals surface area (Å²) in [6.45, 7) is 3.40. The highest BCUT2D eigenvalue weighted by Crippen LogP contribution is 2.31. The van der Waals surface area contributed by atoms with Crippen LogP contribution in [0.25, 0.3) is 0 Å². The Kier molecular flexibility index (Phi) is 9.38. The number of carboxylic acids is 1. The van der Waals surface area contributed by atoms with Crippen LogP contribution >= 0.6 is 0 Å². The van der Waals surface area contributed by atoms with Gasteiger partial charge in [0, 0.05) is 32.6 Å². The molecule has 0 bridgehead atoms. The smallest absolute Gasteiger partial charge is 0.416 e. The molecular weight excluding hydrogens is 539 g/mol. The minimum atomic E-state index is -4.65. The summed E-state index contributed by atoms with van der Waals surface area (Å²) in [7, 11) is -4.42. The van der Waals surface area contributed by atoms with Crippen molar-refractivity contribution in [1.29, 1.82) is 0 Å². The predicted molar refractivity (Wildman–Crippen MR) is 135 cm³/mol. The lowest BCUT2D eigenvalue weighted by atomic mass is 10.0. The summed E-state index contributed by atoms with van der Waals surface area (Å²) in [6, 6.07) is 9.05. The van der Waals surface area contributed by atoms with E-state index in [1.54, 1.807) is 0 Å². The number of hydrogen-bond acceptors (Lipinski definition) is 5. The molecule has 1 heterocycles. The molecule has 13 heteroatoms. The highest BCUT2D eigenvalue weighted by Gasteiger charge is 2.41. The molecule has 1 atom stereocenters. The molecule has 3 rings (SSSR count). The molecule has 39 heavy (non-hydrogen) atoms. The first-order valence-corrected chi connectivity index (χ1v) is 13.7. The van der Waals surface area contributed by atoms with Gasteiger partial charge in [0.1, 0.15) is 6.04 Å². The number of nitrogens with zero attached hydrogens (tertiary/aromatic N) is 2. The van der Waals surface area contributed by atoms with E-state index in [1.165, 1.54) is 4.90 Å². The number of benzene rings is 2. The summed E-state index contributed by atoms with van der Waals surface area (Å²) in [5, 5.41) is 11.6. The molecule has 2 aromatic rings. The van der Waals surface area contributed by atoms with E-state index < -0.39 is 56.9 Å². The van der Waals surface area contributed by atoms with E-state index in [4.69, 9.17) is 5.11 Å². The van der Waals surface area contributed by atoms with Crippen LogP contribution in [-0.2, 0) is 37.1 Å². The number of carboxylic acid groups (broad SMARTS) is 1. The lowest BCUT2D eigenvalue weighted by Gasteiger charge is -2.39. The molecule has 1 aliphatic rings. The molecule has 2 aromatic carbocycles. The standard InChI is InChI=1S/C26H30F3N3O6S/c1-17(2)19-5-3-18(4-6-19)15-30-25(36)22-16-31(23(33)11-12-24(34)35)13-14-32(22)39(37,38)21-9-7-20(8-10-21)26(27,28)29/h3-10,17,22H,11-16H2,1-2H3,(H,30,36)(H,34,35). The zero-order chi connectivity index (χ0) is 29.0. The second-order valence-corrected chi connectivity index (χ2v) is 11.4. The fraction of sp³-hybridized carbons (Fsp3) is 0.423. The first-order chi connectivity index (χ1) is 18.2. The molecule has 1 fully saturated rings. The van der Waals surface area contributed by atoms with Gasteiger partial charge in [-0.25, -0.2) is 8.42 Å². The molecule has 0 aromatic heterocycles. The lowest BCUT2D eigenvalue weighted by Crippen LogP contribution is -2.61. The first kappa shape index (κ1) is 30.1. The molecular formula is C26H30F3N3O6S. The van der Waals surface area contributed by atoms with Crippen LogP contribution < -0.4 is 5.32 Å². The molecule has 1 unspecified atom stereocenters. The van der Waals surface area contributed by atoms with E-state index in [2.05, 4.69) is 5.32 Å². The average Bonchev–Trinajstić information content (AvgIpc) is 2.89. The summed E-state index contributed by atoms with van der Waals surface area (Å²) in [5.74, 6) is -2.12. The third kappa shape index (κ3) is 7.57. The fourth-order valence-corrected chi connectivity index (χ4v) is 5.71. The van der Waals surface area contributed by atoms with E-state index in [9.17, 15) is 36.0 Å². The average molecular weight is 570 g/mol. The molecule has 0 spiro atoms. The molecule has 0 aliphatic carbocycles. The number of amides is 2. The second kappa shape index (κ2) is 12.2. The number of carbonyl (C=O) groups is 3. The maximum atomic E-state index is 13.4. The van der Waals surface area contributed by atoms with Gasteiger partial charge >= 0.3 is 12.1 Å². The van der Waals surface area contributed by atoms with Gasteiger partial charge in [-0.2, -0.15) is 17.5 Å². The van der Waals surface area contributed by atoms with Gasteiger partial charge < -0.3 is 15.3 Å². The van der Waals surface area contributed by atoms with E-state index in [1.807, 2.05) is 38.1 Å². The SMILES string of the molecule is CC(C)c1ccc(CNC(=O)C2CN(C(=O)CCC(=O)O)CCN2S(=O)(=O)c2ccc(C(F)(F)F)cc2)cc1. The quantitative estimate of drug-likeness (QED) is 0.478. The van der Waals surface area contributed by atoms with Gasteiger partial charge in [0.25, 0.3) is 0 Å². The number of piperazine rings is 1. The maximum absolute atomic E-state index is 13.4. The van der Waals surface area contributed by atoms with Crippen LogP contribution in [0.15, 0.2) is 53.4 Å². The van der Waals surface area contributed by atoms with Crippen LogP contribution in [0.1, 0.15) is 49.3 Å². The minimum Gasteiger partial charge on any atom is -0.481 e. The van der Waals surface area contributed by atoms with Gasteiger partial charge in [0.05, 0.1) is 16.9 Å². The van der Waals surface area contributed by atoms with Gasteiger partial charge in [-0.05, 0) is 41.3 Å². The highest BCUT2D eigenvalue weighted by atomic mass is 32.2. The largest absolute Gasteiger partial charge is 0.481 e. The Labute approximate surface area is 224 Å². The number of nitrogens with one attached hydrogen (secondary N) is 1. The van der Waals surface area contributed by atoms with Gasteiger partial charge in [0.2, 0.25) is 21.8 Å². The zero-order valence-electron chi connectivity index (χ0n) is 21.4. The molecule has 0 saturated carbocycles. The molecule has 1 aliphatic heterocycles. The molecule has 2 N–H and O–H groups in total. The van der Waals surface area contributed by atoms with Crippen LogP contribution in [0.2, 0.25) is 0 Å². The number of hydrogen-bond donors (Lipinski definition) is 2. The van der Waals surface area contributed by atoms with Crippen molar-refractivity contribution in [1.82, 2.24) is 14.5 Å². The van der Waals surface area contributed by atoms with Crippen molar-refractivity contribution in [2.45, 2.75) is 56.3 Å². The summed E-state index contributed by atoms with van der Waals surface area (Å²) in [6.07, 6.45) is -5.40. The number of rotatable bonds is 9. The van der Waals surface area contributed by atoms with E-state index in [0.29, 0.717) is 18.1 Å².